The maximum Gasteiger partial charge on any atom is 0.320 e. The molecule has 0 aliphatic carbocycles. The van der Waals surface area contributed by atoms with Crippen LogP contribution in [0.5, 0.6) is 0 Å². The van der Waals surface area contributed by atoms with Crippen molar-refractivity contribution in [3.63, 3.8) is 0 Å². The summed E-state index contributed by atoms with van der Waals surface area (Å²) < 4.78 is 1.89. The molecule has 2 heterocycles. The Hall–Kier alpha value is -2.26. The number of urea groups is 1. The SMILES string of the molecule is CC(C)(C)n1cc(C#N)cc1NC(=O)NCCc1cccs1. The lowest BCUT2D eigenvalue weighted by Gasteiger charge is -2.24. The van der Waals surface area contributed by atoms with E-state index in [9.17, 15) is 4.79 Å². The van der Waals surface area contributed by atoms with E-state index in [4.69, 9.17) is 5.26 Å². The Morgan fingerprint density at radius 2 is 2.23 bits per heavy atom. The molecule has 2 aromatic heterocycles. The lowest BCUT2D eigenvalue weighted by Crippen LogP contribution is -2.32. The molecule has 0 spiro atoms. The number of rotatable bonds is 4. The van der Waals surface area contributed by atoms with E-state index in [0.29, 0.717) is 17.9 Å². The van der Waals surface area contributed by atoms with Gasteiger partial charge in [0.2, 0.25) is 0 Å². The Balaban J connectivity index is 1.96. The van der Waals surface area contributed by atoms with Gasteiger partial charge in [0.15, 0.2) is 0 Å². The van der Waals surface area contributed by atoms with E-state index in [1.54, 1.807) is 23.6 Å². The normalized spacial score (nSPS) is 11.0. The number of amides is 2. The van der Waals surface area contributed by atoms with Crippen LogP contribution in [0.3, 0.4) is 0 Å². The van der Waals surface area contributed by atoms with Crippen LogP contribution < -0.4 is 10.6 Å². The van der Waals surface area contributed by atoms with Crippen LogP contribution in [0.2, 0.25) is 0 Å². The van der Waals surface area contributed by atoms with Gasteiger partial charge in [-0.15, -0.1) is 11.3 Å². The van der Waals surface area contributed by atoms with E-state index < -0.39 is 0 Å². The molecule has 0 aliphatic rings. The number of aromatic nitrogens is 1. The molecular weight excluding hydrogens is 296 g/mol. The van der Waals surface area contributed by atoms with Crippen LogP contribution >= 0.6 is 11.3 Å². The van der Waals surface area contributed by atoms with Crippen LogP contribution in [0.1, 0.15) is 31.2 Å². The van der Waals surface area contributed by atoms with E-state index in [-0.39, 0.29) is 11.6 Å². The Labute approximate surface area is 134 Å². The minimum Gasteiger partial charge on any atom is -0.337 e. The van der Waals surface area contributed by atoms with Crippen molar-refractivity contribution in [1.82, 2.24) is 9.88 Å². The monoisotopic (exact) mass is 316 g/mol. The first-order valence-electron chi connectivity index (χ1n) is 7.10. The molecule has 0 unspecified atom stereocenters. The van der Waals surface area contributed by atoms with Crippen molar-refractivity contribution >= 4 is 23.2 Å². The van der Waals surface area contributed by atoms with E-state index in [0.717, 1.165) is 6.42 Å². The second-order valence-corrected chi connectivity index (χ2v) is 7.01. The number of nitrogens with zero attached hydrogens (tertiary/aromatic N) is 2. The molecule has 0 fully saturated rings. The summed E-state index contributed by atoms with van der Waals surface area (Å²) in [6.07, 6.45) is 2.57. The molecule has 2 N–H and O–H groups in total. The fraction of sp³-hybridized carbons (Fsp3) is 0.375. The summed E-state index contributed by atoms with van der Waals surface area (Å²) in [5.41, 5.74) is 0.318. The first-order valence-corrected chi connectivity index (χ1v) is 7.98. The molecule has 0 aliphatic heterocycles. The van der Waals surface area contributed by atoms with Crippen molar-refractivity contribution < 1.29 is 4.79 Å². The molecule has 116 valence electrons. The van der Waals surface area contributed by atoms with Gasteiger partial charge in [-0.1, -0.05) is 6.07 Å². The zero-order valence-electron chi connectivity index (χ0n) is 13.0. The van der Waals surface area contributed by atoms with Crippen LogP contribution in [0, 0.1) is 11.3 Å². The van der Waals surface area contributed by atoms with Crippen LogP contribution in [0.4, 0.5) is 10.6 Å². The summed E-state index contributed by atoms with van der Waals surface area (Å²) in [5, 5.41) is 16.7. The van der Waals surface area contributed by atoms with E-state index in [1.165, 1.54) is 4.88 Å². The molecule has 0 bridgehead atoms. The van der Waals surface area contributed by atoms with Gasteiger partial charge in [-0.05, 0) is 44.7 Å². The van der Waals surface area contributed by atoms with E-state index >= 15 is 0 Å². The molecule has 0 radical (unpaired) electrons. The van der Waals surface area contributed by atoms with Crippen molar-refractivity contribution in [3.8, 4) is 6.07 Å². The smallest absolute Gasteiger partial charge is 0.320 e. The number of anilines is 1. The highest BCUT2D eigenvalue weighted by molar-refractivity contribution is 7.09. The van der Waals surface area contributed by atoms with Crippen molar-refractivity contribution in [2.45, 2.75) is 32.7 Å². The predicted octanol–water partition coefficient (Wildman–Crippen LogP) is 3.54. The van der Waals surface area contributed by atoms with Gasteiger partial charge in [0.05, 0.1) is 5.56 Å². The molecular formula is C16H20N4OS. The first-order chi connectivity index (χ1) is 10.4. The average molecular weight is 316 g/mol. The summed E-state index contributed by atoms with van der Waals surface area (Å²) in [6, 6.07) is 7.58. The largest absolute Gasteiger partial charge is 0.337 e. The van der Waals surface area contributed by atoms with Crippen LogP contribution in [-0.2, 0) is 12.0 Å². The Morgan fingerprint density at radius 1 is 1.45 bits per heavy atom. The third kappa shape index (κ3) is 4.12. The van der Waals surface area contributed by atoms with Crippen LogP contribution in [-0.4, -0.2) is 17.1 Å². The van der Waals surface area contributed by atoms with Gasteiger partial charge in [-0.3, -0.25) is 5.32 Å². The summed E-state index contributed by atoms with van der Waals surface area (Å²) in [7, 11) is 0. The molecule has 2 amide bonds. The Morgan fingerprint density at radius 3 is 2.82 bits per heavy atom. The average Bonchev–Trinajstić information content (AvgIpc) is 3.07. The predicted molar refractivity (Wildman–Crippen MR) is 89.2 cm³/mol. The number of hydrogen-bond acceptors (Lipinski definition) is 3. The van der Waals surface area contributed by atoms with Crippen molar-refractivity contribution in [2.75, 3.05) is 11.9 Å². The van der Waals surface area contributed by atoms with Gasteiger partial charge in [0.1, 0.15) is 11.9 Å². The van der Waals surface area contributed by atoms with Crippen LogP contribution in [0.15, 0.2) is 29.8 Å². The quantitative estimate of drug-likeness (QED) is 0.905. The third-order valence-electron chi connectivity index (χ3n) is 3.15. The van der Waals surface area contributed by atoms with E-state index in [1.807, 2.05) is 42.9 Å². The number of carbonyl (C=O) groups excluding carboxylic acids is 1. The molecule has 5 nitrogen and oxygen atoms in total. The zero-order valence-corrected chi connectivity index (χ0v) is 13.8. The molecule has 2 aromatic rings. The summed E-state index contributed by atoms with van der Waals surface area (Å²) >= 11 is 1.68. The molecule has 6 heteroatoms. The summed E-state index contributed by atoms with van der Waals surface area (Å²) in [6.45, 7) is 6.64. The molecule has 0 atom stereocenters. The van der Waals surface area contributed by atoms with Gasteiger partial charge in [-0.2, -0.15) is 5.26 Å². The van der Waals surface area contributed by atoms with Crippen molar-refractivity contribution in [1.29, 1.82) is 5.26 Å². The van der Waals surface area contributed by atoms with Gasteiger partial charge >= 0.3 is 6.03 Å². The second kappa shape index (κ2) is 6.67. The third-order valence-corrected chi connectivity index (χ3v) is 4.09. The van der Waals surface area contributed by atoms with Gasteiger partial charge < -0.3 is 9.88 Å². The lowest BCUT2D eigenvalue weighted by molar-refractivity contribution is 0.252. The molecule has 2 rings (SSSR count). The Bertz CT molecular complexity index is 674. The lowest BCUT2D eigenvalue weighted by atomic mass is 10.1. The highest BCUT2D eigenvalue weighted by Gasteiger charge is 2.19. The topological polar surface area (TPSA) is 69.8 Å². The van der Waals surface area contributed by atoms with Crippen molar-refractivity contribution in [3.05, 3.63) is 40.2 Å². The molecule has 0 saturated heterocycles. The fourth-order valence-corrected chi connectivity index (χ4v) is 2.80. The maximum atomic E-state index is 12.0. The molecule has 22 heavy (non-hydrogen) atoms. The fourth-order valence-electron chi connectivity index (χ4n) is 2.09. The van der Waals surface area contributed by atoms with Gasteiger partial charge in [-0.25, -0.2) is 4.79 Å². The van der Waals surface area contributed by atoms with Gasteiger partial charge in [0.25, 0.3) is 0 Å². The Kier molecular flexibility index (Phi) is 4.88. The minimum atomic E-state index is -0.260. The number of thiophene rings is 1. The second-order valence-electron chi connectivity index (χ2n) is 5.98. The number of nitriles is 1. The summed E-state index contributed by atoms with van der Waals surface area (Å²) in [4.78, 5) is 13.2. The number of hydrogen-bond donors (Lipinski definition) is 2. The van der Waals surface area contributed by atoms with Crippen LogP contribution in [0.25, 0.3) is 0 Å². The summed E-state index contributed by atoms with van der Waals surface area (Å²) in [5.74, 6) is 0.623. The molecule has 0 saturated carbocycles. The van der Waals surface area contributed by atoms with E-state index in [2.05, 4.69) is 16.7 Å². The standard InChI is InChI=1S/C16H20N4OS/c1-16(2,3)20-11-12(10-17)9-14(20)19-15(21)18-7-6-13-5-4-8-22-13/h4-5,8-9,11H,6-7H2,1-3H3,(H2,18,19,21). The minimum absolute atomic E-state index is 0.214. The maximum absolute atomic E-state index is 12.0. The first kappa shape index (κ1) is 16.1. The number of nitrogens with one attached hydrogen (secondary N) is 2. The van der Waals surface area contributed by atoms with Crippen molar-refractivity contribution in [2.24, 2.45) is 0 Å². The number of carbonyl (C=O) groups is 1. The highest BCUT2D eigenvalue weighted by atomic mass is 32.1. The zero-order chi connectivity index (χ0) is 16.2. The highest BCUT2D eigenvalue weighted by Crippen LogP contribution is 2.23. The van der Waals surface area contributed by atoms with Gasteiger partial charge in [0, 0.05) is 23.2 Å². The molecule has 0 aromatic carbocycles.